The molecule has 26 heavy (non-hydrogen) atoms. The van der Waals surface area contributed by atoms with E-state index in [1.807, 2.05) is 24.0 Å². The van der Waals surface area contributed by atoms with Gasteiger partial charge >= 0.3 is 0 Å². The van der Waals surface area contributed by atoms with E-state index in [0.717, 1.165) is 60.3 Å². The first-order valence-corrected chi connectivity index (χ1v) is 9.96. The molecule has 3 heterocycles. The average molecular weight is 435 g/mol. The lowest BCUT2D eigenvalue weighted by Gasteiger charge is -2.23. The Bertz CT molecular complexity index is 925. The zero-order valence-corrected chi connectivity index (χ0v) is 17.0. The molecule has 0 N–H and O–H groups in total. The van der Waals surface area contributed by atoms with Gasteiger partial charge in [0.05, 0.1) is 16.7 Å². The number of hydrogen-bond acceptors (Lipinski definition) is 4. The van der Waals surface area contributed by atoms with Crippen LogP contribution < -0.4 is 4.90 Å². The number of pyridine rings is 1. The highest BCUT2D eigenvalue weighted by Gasteiger charge is 2.17. The van der Waals surface area contributed by atoms with Crippen molar-refractivity contribution >= 4 is 44.3 Å². The van der Waals surface area contributed by atoms with Gasteiger partial charge in [-0.15, -0.1) is 0 Å². The summed E-state index contributed by atoms with van der Waals surface area (Å²) in [4.78, 5) is 9.69. The second-order valence-electron chi connectivity index (χ2n) is 6.77. The summed E-state index contributed by atoms with van der Waals surface area (Å²) in [5.74, 6) is 1.00. The number of fused-ring (bicyclic) bond motifs is 1. The summed E-state index contributed by atoms with van der Waals surface area (Å²) >= 11 is 9.88. The summed E-state index contributed by atoms with van der Waals surface area (Å²) in [7, 11) is 1.96. The van der Waals surface area contributed by atoms with Crippen LogP contribution in [0, 0.1) is 0 Å². The third-order valence-corrected chi connectivity index (χ3v) is 5.52. The first-order chi connectivity index (χ1) is 12.6. The van der Waals surface area contributed by atoms with Crippen molar-refractivity contribution in [3.63, 3.8) is 0 Å². The van der Waals surface area contributed by atoms with Gasteiger partial charge in [0, 0.05) is 61.4 Å². The van der Waals surface area contributed by atoms with Gasteiger partial charge in [0.15, 0.2) is 0 Å². The van der Waals surface area contributed by atoms with Crippen molar-refractivity contribution in [3.8, 4) is 0 Å². The van der Waals surface area contributed by atoms with Crippen LogP contribution in [0.15, 0.2) is 41.1 Å². The molecule has 4 rings (SSSR count). The Morgan fingerprint density at radius 3 is 2.85 bits per heavy atom. The van der Waals surface area contributed by atoms with E-state index in [1.54, 1.807) is 0 Å². The average Bonchev–Trinajstić information content (AvgIpc) is 2.88. The first-order valence-electron chi connectivity index (χ1n) is 8.79. The van der Waals surface area contributed by atoms with Crippen molar-refractivity contribution in [2.75, 3.05) is 31.1 Å². The standard InChI is InChI=1S/C19H21BrClN5/c1-24-12-14(11-22-24)13-25-5-2-6-26(8-7-25)18-4-3-15-9-16(20)10-17(21)19(15)23-18/h3-4,9-12H,2,5-8,13H2,1H3. The number of aryl methyl sites for hydroxylation is 1. The molecule has 1 aliphatic heterocycles. The molecule has 0 bridgehead atoms. The quantitative estimate of drug-likeness (QED) is 0.622. The lowest BCUT2D eigenvalue weighted by Crippen LogP contribution is -2.30. The van der Waals surface area contributed by atoms with Crippen LogP contribution in [0.2, 0.25) is 5.02 Å². The van der Waals surface area contributed by atoms with Gasteiger partial charge < -0.3 is 4.90 Å². The van der Waals surface area contributed by atoms with E-state index in [-0.39, 0.29) is 0 Å². The number of hydrogen-bond donors (Lipinski definition) is 0. The lowest BCUT2D eigenvalue weighted by atomic mass is 10.2. The number of anilines is 1. The van der Waals surface area contributed by atoms with E-state index in [9.17, 15) is 0 Å². The topological polar surface area (TPSA) is 37.2 Å². The second kappa shape index (κ2) is 7.55. The van der Waals surface area contributed by atoms with Crippen molar-refractivity contribution in [3.05, 3.63) is 51.7 Å². The predicted octanol–water partition coefficient (Wildman–Crippen LogP) is 4.10. The van der Waals surface area contributed by atoms with Crippen LogP contribution in [0.25, 0.3) is 10.9 Å². The van der Waals surface area contributed by atoms with Crippen LogP contribution in [-0.2, 0) is 13.6 Å². The van der Waals surface area contributed by atoms with Crippen LogP contribution >= 0.6 is 27.5 Å². The van der Waals surface area contributed by atoms with E-state index < -0.39 is 0 Å². The molecule has 1 saturated heterocycles. The highest BCUT2D eigenvalue weighted by molar-refractivity contribution is 9.10. The zero-order valence-electron chi connectivity index (χ0n) is 14.7. The Morgan fingerprint density at radius 1 is 1.15 bits per heavy atom. The Balaban J connectivity index is 1.49. The molecule has 1 fully saturated rings. The minimum absolute atomic E-state index is 0.684. The molecule has 5 nitrogen and oxygen atoms in total. The molecule has 7 heteroatoms. The predicted molar refractivity (Wildman–Crippen MR) is 110 cm³/mol. The van der Waals surface area contributed by atoms with E-state index >= 15 is 0 Å². The van der Waals surface area contributed by atoms with Gasteiger partial charge in [-0.25, -0.2) is 4.98 Å². The Hall–Kier alpha value is -1.63. The summed E-state index contributed by atoms with van der Waals surface area (Å²) in [5.41, 5.74) is 2.13. The van der Waals surface area contributed by atoms with Crippen molar-refractivity contribution in [2.45, 2.75) is 13.0 Å². The van der Waals surface area contributed by atoms with Crippen molar-refractivity contribution in [2.24, 2.45) is 7.05 Å². The molecule has 0 spiro atoms. The van der Waals surface area contributed by atoms with E-state index in [1.165, 1.54) is 5.56 Å². The molecular formula is C19H21BrClN5. The number of halogens is 2. The smallest absolute Gasteiger partial charge is 0.129 e. The molecular weight excluding hydrogens is 414 g/mol. The number of nitrogens with zero attached hydrogens (tertiary/aromatic N) is 5. The Morgan fingerprint density at radius 2 is 2.04 bits per heavy atom. The second-order valence-corrected chi connectivity index (χ2v) is 8.09. The Kier molecular flexibility index (Phi) is 5.16. The number of rotatable bonds is 3. The molecule has 0 atom stereocenters. The molecule has 2 aromatic heterocycles. The number of aromatic nitrogens is 3. The molecule has 0 amide bonds. The SMILES string of the molecule is Cn1cc(CN2CCCN(c3ccc4cc(Br)cc(Cl)c4n3)CC2)cn1. The molecule has 0 unspecified atom stereocenters. The molecule has 0 saturated carbocycles. The molecule has 3 aromatic rings. The first kappa shape index (κ1) is 17.8. The largest absolute Gasteiger partial charge is 0.355 e. The third-order valence-electron chi connectivity index (χ3n) is 4.77. The highest BCUT2D eigenvalue weighted by atomic mass is 79.9. The minimum atomic E-state index is 0.684. The van der Waals surface area contributed by atoms with Gasteiger partial charge in [0.25, 0.3) is 0 Å². The van der Waals surface area contributed by atoms with Crippen LogP contribution in [-0.4, -0.2) is 45.8 Å². The number of benzene rings is 1. The van der Waals surface area contributed by atoms with Crippen molar-refractivity contribution < 1.29 is 0 Å². The summed E-state index contributed by atoms with van der Waals surface area (Å²) in [5, 5.41) is 6.01. The van der Waals surface area contributed by atoms with Crippen LogP contribution in [0.4, 0.5) is 5.82 Å². The van der Waals surface area contributed by atoms with Gasteiger partial charge in [-0.3, -0.25) is 9.58 Å². The minimum Gasteiger partial charge on any atom is -0.355 e. The zero-order chi connectivity index (χ0) is 18.1. The van der Waals surface area contributed by atoms with Crippen LogP contribution in [0.1, 0.15) is 12.0 Å². The van der Waals surface area contributed by atoms with Crippen LogP contribution in [0.5, 0.6) is 0 Å². The highest BCUT2D eigenvalue weighted by Crippen LogP contribution is 2.29. The lowest BCUT2D eigenvalue weighted by molar-refractivity contribution is 0.285. The molecule has 136 valence electrons. The fourth-order valence-corrected chi connectivity index (χ4v) is 4.37. The van der Waals surface area contributed by atoms with Crippen molar-refractivity contribution in [1.82, 2.24) is 19.7 Å². The summed E-state index contributed by atoms with van der Waals surface area (Å²) in [6.07, 6.45) is 5.16. The fraction of sp³-hybridized carbons (Fsp3) is 0.368. The normalized spacial score (nSPS) is 16.2. The molecule has 0 radical (unpaired) electrons. The Labute approximate surface area is 166 Å². The molecule has 1 aliphatic rings. The van der Waals surface area contributed by atoms with E-state index in [0.29, 0.717) is 5.02 Å². The van der Waals surface area contributed by atoms with E-state index in [4.69, 9.17) is 16.6 Å². The molecule has 1 aromatic carbocycles. The maximum Gasteiger partial charge on any atom is 0.129 e. The van der Waals surface area contributed by atoms with Gasteiger partial charge in [-0.05, 0) is 30.7 Å². The molecule has 0 aliphatic carbocycles. The van der Waals surface area contributed by atoms with Gasteiger partial charge in [-0.1, -0.05) is 27.5 Å². The maximum atomic E-state index is 6.39. The third kappa shape index (κ3) is 3.87. The van der Waals surface area contributed by atoms with Crippen LogP contribution in [0.3, 0.4) is 0 Å². The maximum absolute atomic E-state index is 6.39. The van der Waals surface area contributed by atoms with Gasteiger partial charge in [0.2, 0.25) is 0 Å². The summed E-state index contributed by atoms with van der Waals surface area (Å²) in [6.45, 7) is 5.03. The monoisotopic (exact) mass is 433 g/mol. The van der Waals surface area contributed by atoms with Crippen molar-refractivity contribution in [1.29, 1.82) is 0 Å². The summed E-state index contributed by atoms with van der Waals surface area (Å²) < 4.78 is 2.84. The summed E-state index contributed by atoms with van der Waals surface area (Å²) in [6, 6.07) is 8.16. The van der Waals surface area contributed by atoms with Gasteiger partial charge in [0.1, 0.15) is 5.82 Å². The van der Waals surface area contributed by atoms with Gasteiger partial charge in [-0.2, -0.15) is 5.10 Å². The van der Waals surface area contributed by atoms with E-state index in [2.05, 4.69) is 55.2 Å². The fourth-order valence-electron chi connectivity index (χ4n) is 3.49.